The molecule has 31 heavy (non-hydrogen) atoms. The number of thiazole rings is 1. The Morgan fingerprint density at radius 3 is 2.97 bits per heavy atom. The summed E-state index contributed by atoms with van der Waals surface area (Å²) < 4.78 is 21.1. The fourth-order valence-corrected chi connectivity index (χ4v) is 3.93. The van der Waals surface area contributed by atoms with Gasteiger partial charge in [0.05, 0.1) is 12.3 Å². The summed E-state index contributed by atoms with van der Waals surface area (Å²) in [6.45, 7) is 4.32. The molecular weight excluding hydrogens is 413 g/mol. The molecule has 0 aliphatic rings. The van der Waals surface area contributed by atoms with Gasteiger partial charge in [-0.3, -0.25) is 0 Å². The zero-order valence-corrected chi connectivity index (χ0v) is 18.0. The van der Waals surface area contributed by atoms with Gasteiger partial charge in [0, 0.05) is 50.7 Å². The molecule has 4 aromatic rings. The number of hydrogen-bond donors (Lipinski definition) is 2. The quantitative estimate of drug-likeness (QED) is 0.188. The van der Waals surface area contributed by atoms with Gasteiger partial charge in [0.15, 0.2) is 5.13 Å². The molecule has 4 rings (SSSR count). The van der Waals surface area contributed by atoms with E-state index in [9.17, 15) is 4.39 Å². The lowest BCUT2D eigenvalue weighted by atomic mass is 10.1. The third kappa shape index (κ3) is 5.68. The van der Waals surface area contributed by atoms with E-state index in [-0.39, 0.29) is 2.85 Å². The third-order valence-electron chi connectivity index (χ3n) is 4.69. The normalized spacial score (nSPS) is 10.9. The Morgan fingerprint density at radius 1 is 1.16 bits per heavy atom. The second-order valence-corrected chi connectivity index (χ2v) is 7.79. The number of ether oxygens (including phenoxy) is 1. The lowest BCUT2D eigenvalue weighted by Crippen LogP contribution is -2.09. The van der Waals surface area contributed by atoms with Gasteiger partial charge in [-0.05, 0) is 48.9 Å². The number of halogens is 1. The summed E-state index contributed by atoms with van der Waals surface area (Å²) in [6.07, 6.45) is 3.44. The minimum atomic E-state index is -0.470. The van der Waals surface area contributed by atoms with E-state index in [4.69, 9.17) is 4.74 Å². The number of nitrogens with one attached hydrogen (secondary N) is 2. The molecular formula is C23H28FN5OS. The van der Waals surface area contributed by atoms with Crippen LogP contribution in [-0.2, 0) is 17.9 Å². The summed E-state index contributed by atoms with van der Waals surface area (Å²) in [7, 11) is 0. The van der Waals surface area contributed by atoms with E-state index in [1.54, 1.807) is 11.3 Å². The van der Waals surface area contributed by atoms with Gasteiger partial charge in [-0.1, -0.05) is 12.1 Å². The van der Waals surface area contributed by atoms with Gasteiger partial charge in [0.25, 0.3) is 0 Å². The van der Waals surface area contributed by atoms with E-state index in [1.807, 2.05) is 46.5 Å². The number of benzene rings is 1. The first kappa shape index (κ1) is 21.0. The maximum Gasteiger partial charge on any atom is 0.213 e. The SMILES string of the molecule is CCNc1cccc(-c2csc(NCOCc3cccn3Cc3ccnc(F)c3)n2)c1.[HH].[HH]. The van der Waals surface area contributed by atoms with Crippen LogP contribution >= 0.6 is 11.3 Å². The Bertz CT molecular complexity index is 1140. The molecule has 0 saturated carbocycles. The largest absolute Gasteiger partial charge is 0.385 e. The molecule has 0 fully saturated rings. The fraction of sp³-hybridized carbons (Fsp3) is 0.217. The maximum atomic E-state index is 13.3. The van der Waals surface area contributed by atoms with E-state index in [0.29, 0.717) is 19.9 Å². The summed E-state index contributed by atoms with van der Waals surface area (Å²) in [5.74, 6) is -0.470. The molecule has 0 aliphatic heterocycles. The minimum Gasteiger partial charge on any atom is -0.385 e. The summed E-state index contributed by atoms with van der Waals surface area (Å²) in [6, 6.07) is 15.4. The zero-order chi connectivity index (χ0) is 21.5. The van der Waals surface area contributed by atoms with E-state index in [0.717, 1.165) is 39.9 Å². The van der Waals surface area contributed by atoms with Crippen LogP contribution in [-0.4, -0.2) is 27.8 Å². The first-order valence-corrected chi connectivity index (χ1v) is 10.9. The molecule has 0 radical (unpaired) electrons. The number of aromatic nitrogens is 3. The van der Waals surface area contributed by atoms with E-state index >= 15 is 0 Å². The monoisotopic (exact) mass is 441 g/mol. The van der Waals surface area contributed by atoms with Crippen LogP contribution in [0.25, 0.3) is 11.3 Å². The van der Waals surface area contributed by atoms with Crippen molar-refractivity contribution in [3.63, 3.8) is 0 Å². The Balaban J connectivity index is 0.00000193. The predicted molar refractivity (Wildman–Crippen MR) is 127 cm³/mol. The Hall–Kier alpha value is -3.23. The summed E-state index contributed by atoms with van der Waals surface area (Å²) in [5, 5.41) is 9.38. The smallest absolute Gasteiger partial charge is 0.213 e. The predicted octanol–water partition coefficient (Wildman–Crippen LogP) is 5.70. The van der Waals surface area contributed by atoms with Crippen molar-refractivity contribution in [1.29, 1.82) is 0 Å². The average Bonchev–Trinajstić information content (AvgIpc) is 3.41. The molecule has 6 nitrogen and oxygen atoms in total. The van der Waals surface area contributed by atoms with Crippen molar-refractivity contribution in [3.05, 3.63) is 83.5 Å². The highest BCUT2D eigenvalue weighted by Gasteiger charge is 2.07. The van der Waals surface area contributed by atoms with Crippen molar-refractivity contribution in [3.8, 4) is 11.3 Å². The summed E-state index contributed by atoms with van der Waals surface area (Å²) in [5.41, 5.74) is 4.97. The number of pyridine rings is 1. The maximum absolute atomic E-state index is 13.3. The lowest BCUT2D eigenvalue weighted by molar-refractivity contribution is 0.133. The second kappa shape index (κ2) is 10.2. The molecule has 0 unspecified atom stereocenters. The molecule has 3 aromatic heterocycles. The highest BCUT2D eigenvalue weighted by Crippen LogP contribution is 2.26. The van der Waals surface area contributed by atoms with Crippen LogP contribution in [0, 0.1) is 5.95 Å². The average molecular weight is 442 g/mol. The van der Waals surface area contributed by atoms with Crippen LogP contribution < -0.4 is 10.6 Å². The van der Waals surface area contributed by atoms with E-state index in [2.05, 4.69) is 39.7 Å². The van der Waals surface area contributed by atoms with Gasteiger partial charge in [0.2, 0.25) is 5.95 Å². The highest BCUT2D eigenvalue weighted by molar-refractivity contribution is 7.14. The molecule has 0 amide bonds. The van der Waals surface area contributed by atoms with Crippen LogP contribution in [0.5, 0.6) is 0 Å². The van der Waals surface area contributed by atoms with E-state index in [1.165, 1.54) is 12.3 Å². The molecule has 8 heteroatoms. The lowest BCUT2D eigenvalue weighted by Gasteiger charge is -2.10. The summed E-state index contributed by atoms with van der Waals surface area (Å²) in [4.78, 5) is 8.25. The van der Waals surface area contributed by atoms with Crippen molar-refractivity contribution in [1.82, 2.24) is 14.5 Å². The zero-order valence-electron chi connectivity index (χ0n) is 17.2. The van der Waals surface area contributed by atoms with Gasteiger partial charge in [0.1, 0.15) is 6.73 Å². The standard InChI is InChI=1S/C23H24FN5OS.2H2/c1-2-25-19-6-3-5-18(12-19)21-15-31-23(28-21)27-16-30-14-20-7-4-10-29(20)13-17-8-9-26-22(24)11-17;;/h3-12,15,25H,2,13-14,16H2,1H3,(H,27,28);2*1H. The molecule has 0 spiro atoms. The molecule has 0 bridgehead atoms. The van der Waals surface area contributed by atoms with Crippen LogP contribution in [0.1, 0.15) is 21.0 Å². The molecule has 0 atom stereocenters. The van der Waals surface area contributed by atoms with Gasteiger partial charge in [-0.15, -0.1) is 11.3 Å². The fourth-order valence-electron chi connectivity index (χ4n) is 3.22. The van der Waals surface area contributed by atoms with Crippen molar-refractivity contribution in [2.24, 2.45) is 0 Å². The first-order chi connectivity index (χ1) is 15.2. The Morgan fingerprint density at radius 2 is 2.10 bits per heavy atom. The van der Waals surface area contributed by atoms with Crippen LogP contribution in [0.15, 0.2) is 66.3 Å². The molecule has 3 heterocycles. The number of rotatable bonds is 10. The molecule has 0 saturated heterocycles. The van der Waals surface area contributed by atoms with Crippen LogP contribution in [0.2, 0.25) is 0 Å². The van der Waals surface area contributed by atoms with Crippen LogP contribution in [0.3, 0.4) is 0 Å². The van der Waals surface area contributed by atoms with E-state index < -0.39 is 5.95 Å². The Kier molecular flexibility index (Phi) is 6.91. The second-order valence-electron chi connectivity index (χ2n) is 6.93. The molecule has 1 aromatic carbocycles. The minimum absolute atomic E-state index is 0. The van der Waals surface area contributed by atoms with Crippen LogP contribution in [0.4, 0.5) is 15.2 Å². The van der Waals surface area contributed by atoms with Gasteiger partial charge in [-0.25, -0.2) is 9.97 Å². The number of nitrogens with zero attached hydrogens (tertiary/aromatic N) is 3. The van der Waals surface area contributed by atoms with Crippen molar-refractivity contribution in [2.75, 3.05) is 23.9 Å². The van der Waals surface area contributed by atoms with Crippen molar-refractivity contribution in [2.45, 2.75) is 20.1 Å². The first-order valence-electron chi connectivity index (χ1n) is 10.1. The highest BCUT2D eigenvalue weighted by atomic mass is 32.1. The van der Waals surface area contributed by atoms with Gasteiger partial charge < -0.3 is 19.9 Å². The van der Waals surface area contributed by atoms with Crippen molar-refractivity contribution < 1.29 is 12.0 Å². The van der Waals surface area contributed by atoms with Gasteiger partial charge in [-0.2, -0.15) is 4.39 Å². The Labute approximate surface area is 187 Å². The topological polar surface area (TPSA) is 64.0 Å². The van der Waals surface area contributed by atoms with Gasteiger partial charge >= 0.3 is 0 Å². The molecule has 2 N–H and O–H groups in total. The molecule has 164 valence electrons. The van der Waals surface area contributed by atoms with Crippen molar-refractivity contribution >= 4 is 22.2 Å². The third-order valence-corrected chi connectivity index (χ3v) is 5.49. The molecule has 0 aliphatic carbocycles. The summed E-state index contributed by atoms with van der Waals surface area (Å²) >= 11 is 1.55. The number of hydrogen-bond acceptors (Lipinski definition) is 6. The number of anilines is 2.